The third-order valence-corrected chi connectivity index (χ3v) is 6.21. The average Bonchev–Trinajstić information content (AvgIpc) is 3.39. The summed E-state index contributed by atoms with van der Waals surface area (Å²) >= 11 is 0. The molecule has 2 aliphatic rings. The van der Waals surface area contributed by atoms with Crippen LogP contribution in [0.3, 0.4) is 0 Å². The zero-order valence-corrected chi connectivity index (χ0v) is 18.7. The second kappa shape index (κ2) is 9.54. The Labute approximate surface area is 193 Å². The van der Waals surface area contributed by atoms with Crippen molar-refractivity contribution < 1.29 is 14.3 Å². The summed E-state index contributed by atoms with van der Waals surface area (Å²) in [5.74, 6) is 2.27. The fourth-order valence-corrected chi connectivity index (χ4v) is 4.44. The number of benzene rings is 1. The molecule has 2 fully saturated rings. The Hall–Kier alpha value is -3.52. The molecule has 4 heterocycles. The van der Waals surface area contributed by atoms with E-state index in [0.717, 1.165) is 48.8 Å². The highest BCUT2D eigenvalue weighted by molar-refractivity contribution is 5.95. The number of hydrogen-bond donors (Lipinski definition) is 0. The lowest BCUT2D eigenvalue weighted by atomic mass is 10.1. The van der Waals surface area contributed by atoms with E-state index in [1.165, 1.54) is 0 Å². The monoisotopic (exact) mass is 445 g/mol. The van der Waals surface area contributed by atoms with E-state index in [0.29, 0.717) is 31.1 Å². The Balaban J connectivity index is 1.37. The summed E-state index contributed by atoms with van der Waals surface area (Å²) in [6.07, 6.45) is 5.31. The molecule has 0 bridgehead atoms. The first-order valence-electron chi connectivity index (χ1n) is 11.3. The van der Waals surface area contributed by atoms with E-state index < -0.39 is 0 Å². The number of nitrogens with zero attached hydrogens (tertiary/aromatic N) is 5. The molecule has 8 nitrogen and oxygen atoms in total. The van der Waals surface area contributed by atoms with Gasteiger partial charge in [0.15, 0.2) is 5.82 Å². The lowest BCUT2D eigenvalue weighted by Crippen LogP contribution is -2.37. The van der Waals surface area contributed by atoms with Crippen molar-refractivity contribution in [1.82, 2.24) is 19.9 Å². The number of likely N-dealkylation sites (tertiary alicyclic amines) is 1. The highest BCUT2D eigenvalue weighted by atomic mass is 16.5. The molecule has 5 rings (SSSR count). The lowest BCUT2D eigenvalue weighted by Gasteiger charge is -2.28. The molecule has 1 aromatic carbocycles. The molecule has 0 saturated carbocycles. The summed E-state index contributed by atoms with van der Waals surface area (Å²) in [6, 6.07) is 13.2. The maximum atomic E-state index is 13.5. The first-order chi connectivity index (χ1) is 16.2. The van der Waals surface area contributed by atoms with Crippen LogP contribution in [0.5, 0.6) is 5.75 Å². The number of amides is 1. The normalized spacial score (nSPS) is 18.4. The van der Waals surface area contributed by atoms with Crippen molar-refractivity contribution in [2.45, 2.75) is 18.9 Å². The van der Waals surface area contributed by atoms with Gasteiger partial charge >= 0.3 is 0 Å². The van der Waals surface area contributed by atoms with Crippen LogP contribution in [0, 0.1) is 0 Å². The van der Waals surface area contributed by atoms with Crippen LogP contribution in [0.25, 0.3) is 11.4 Å². The molecule has 0 radical (unpaired) electrons. The molecule has 0 N–H and O–H groups in total. The second-order valence-corrected chi connectivity index (χ2v) is 8.19. The second-order valence-electron chi connectivity index (χ2n) is 8.19. The number of carbonyl (C=O) groups is 1. The lowest BCUT2D eigenvalue weighted by molar-refractivity contribution is 0.0732. The van der Waals surface area contributed by atoms with Gasteiger partial charge in [-0.3, -0.25) is 4.79 Å². The topological polar surface area (TPSA) is 80.7 Å². The van der Waals surface area contributed by atoms with Gasteiger partial charge in [-0.05, 0) is 55.3 Å². The van der Waals surface area contributed by atoms with Crippen molar-refractivity contribution >= 4 is 11.7 Å². The van der Waals surface area contributed by atoms with E-state index in [9.17, 15) is 4.79 Å². The van der Waals surface area contributed by atoms with Crippen LogP contribution in [0.1, 0.15) is 34.9 Å². The van der Waals surface area contributed by atoms with Crippen LogP contribution >= 0.6 is 0 Å². The number of pyridine rings is 1. The molecule has 0 spiro atoms. The number of morpholine rings is 1. The fraction of sp³-hybridized carbons (Fsp3) is 0.360. The van der Waals surface area contributed by atoms with Crippen molar-refractivity contribution in [1.29, 1.82) is 0 Å². The highest BCUT2D eigenvalue weighted by Gasteiger charge is 2.32. The first-order valence-corrected chi connectivity index (χ1v) is 11.3. The van der Waals surface area contributed by atoms with Crippen LogP contribution < -0.4 is 9.64 Å². The third-order valence-electron chi connectivity index (χ3n) is 6.21. The fourth-order valence-electron chi connectivity index (χ4n) is 4.44. The molecular formula is C25H27N5O3. The molecule has 2 saturated heterocycles. The maximum Gasteiger partial charge on any atom is 0.254 e. The van der Waals surface area contributed by atoms with E-state index in [4.69, 9.17) is 14.5 Å². The van der Waals surface area contributed by atoms with E-state index in [1.807, 2.05) is 41.3 Å². The minimum atomic E-state index is -0.0718. The highest BCUT2D eigenvalue weighted by Crippen LogP contribution is 2.33. The summed E-state index contributed by atoms with van der Waals surface area (Å²) in [4.78, 5) is 31.3. The SMILES string of the molecule is COc1ccc(-c2nccc([C@H]3CCCN3C(=O)c3ccnc(N4CCOCC4)c3)n2)cc1. The number of ether oxygens (including phenoxy) is 2. The molecule has 0 unspecified atom stereocenters. The van der Waals surface area contributed by atoms with Crippen molar-refractivity contribution in [3.63, 3.8) is 0 Å². The van der Waals surface area contributed by atoms with Gasteiger partial charge in [-0.15, -0.1) is 0 Å². The van der Waals surface area contributed by atoms with E-state index in [-0.39, 0.29) is 11.9 Å². The number of aromatic nitrogens is 3. The number of carbonyl (C=O) groups excluding carboxylic acids is 1. The van der Waals surface area contributed by atoms with E-state index in [1.54, 1.807) is 25.6 Å². The largest absolute Gasteiger partial charge is 0.497 e. The Morgan fingerprint density at radius 2 is 1.82 bits per heavy atom. The van der Waals surface area contributed by atoms with Crippen molar-refractivity contribution in [3.8, 4) is 17.1 Å². The maximum absolute atomic E-state index is 13.5. The number of methoxy groups -OCH3 is 1. The van der Waals surface area contributed by atoms with Crippen LogP contribution in [-0.4, -0.2) is 65.7 Å². The predicted molar refractivity (Wildman–Crippen MR) is 124 cm³/mol. The minimum Gasteiger partial charge on any atom is -0.497 e. The van der Waals surface area contributed by atoms with Gasteiger partial charge in [0.25, 0.3) is 5.91 Å². The van der Waals surface area contributed by atoms with Crippen LogP contribution in [-0.2, 0) is 4.74 Å². The minimum absolute atomic E-state index is 0.0130. The molecule has 2 aromatic heterocycles. The van der Waals surface area contributed by atoms with Gasteiger partial charge in [0, 0.05) is 43.2 Å². The average molecular weight is 446 g/mol. The summed E-state index contributed by atoms with van der Waals surface area (Å²) in [7, 11) is 1.64. The van der Waals surface area contributed by atoms with Gasteiger partial charge < -0.3 is 19.3 Å². The van der Waals surface area contributed by atoms with Crippen molar-refractivity contribution in [2.24, 2.45) is 0 Å². The molecule has 0 aliphatic carbocycles. The van der Waals surface area contributed by atoms with Crippen LogP contribution in [0.15, 0.2) is 54.9 Å². The van der Waals surface area contributed by atoms with Gasteiger partial charge in [-0.1, -0.05) is 0 Å². The Kier molecular flexibility index (Phi) is 6.17. The Morgan fingerprint density at radius 3 is 2.61 bits per heavy atom. The van der Waals surface area contributed by atoms with E-state index >= 15 is 0 Å². The molecule has 8 heteroatoms. The smallest absolute Gasteiger partial charge is 0.254 e. The summed E-state index contributed by atoms with van der Waals surface area (Å²) < 4.78 is 10.7. The first kappa shape index (κ1) is 21.3. The summed E-state index contributed by atoms with van der Waals surface area (Å²) in [5, 5.41) is 0. The number of rotatable bonds is 5. The third kappa shape index (κ3) is 4.52. The van der Waals surface area contributed by atoms with Gasteiger partial charge in [0.1, 0.15) is 11.6 Å². The van der Waals surface area contributed by atoms with Gasteiger partial charge in [-0.2, -0.15) is 0 Å². The van der Waals surface area contributed by atoms with Gasteiger partial charge in [-0.25, -0.2) is 15.0 Å². The quantitative estimate of drug-likeness (QED) is 0.596. The van der Waals surface area contributed by atoms with E-state index in [2.05, 4.69) is 14.9 Å². The van der Waals surface area contributed by atoms with Gasteiger partial charge in [0.05, 0.1) is 32.1 Å². The van der Waals surface area contributed by atoms with Gasteiger partial charge in [0.2, 0.25) is 0 Å². The molecular weight excluding hydrogens is 418 g/mol. The molecule has 1 atom stereocenters. The predicted octanol–water partition coefficient (Wildman–Crippen LogP) is 3.36. The molecule has 1 amide bonds. The van der Waals surface area contributed by atoms with Crippen molar-refractivity contribution in [2.75, 3.05) is 44.9 Å². The molecule has 33 heavy (non-hydrogen) atoms. The zero-order chi connectivity index (χ0) is 22.6. The number of hydrogen-bond acceptors (Lipinski definition) is 7. The Morgan fingerprint density at radius 1 is 1.03 bits per heavy atom. The molecule has 170 valence electrons. The Bertz CT molecular complexity index is 1120. The molecule has 2 aliphatic heterocycles. The summed E-state index contributed by atoms with van der Waals surface area (Å²) in [6.45, 7) is 3.63. The van der Waals surface area contributed by atoms with Crippen LogP contribution in [0.4, 0.5) is 5.82 Å². The zero-order valence-electron chi connectivity index (χ0n) is 18.7. The molecule has 3 aromatic rings. The summed E-state index contributed by atoms with van der Waals surface area (Å²) in [5.41, 5.74) is 2.43. The van der Waals surface area contributed by atoms with Crippen LogP contribution in [0.2, 0.25) is 0 Å². The standard InChI is InChI=1S/C25H27N5O3/c1-32-20-6-4-18(5-7-20)24-27-11-9-21(28-24)22-3-2-12-30(22)25(31)19-8-10-26-23(17-19)29-13-15-33-16-14-29/h4-11,17,22H,2-3,12-16H2,1H3/t22-/m1/s1. The van der Waals surface area contributed by atoms with Crippen molar-refractivity contribution in [3.05, 3.63) is 66.1 Å². The number of anilines is 1.